The summed E-state index contributed by atoms with van der Waals surface area (Å²) in [6, 6.07) is 0. The molecule has 1 saturated heterocycles. The minimum Gasteiger partial charge on any atom is -0.444 e. The van der Waals surface area contributed by atoms with E-state index in [2.05, 4.69) is 10.2 Å². The highest BCUT2D eigenvalue weighted by Crippen LogP contribution is 2.07. The van der Waals surface area contributed by atoms with Gasteiger partial charge in [-0.2, -0.15) is 4.31 Å². The summed E-state index contributed by atoms with van der Waals surface area (Å²) in [6.07, 6.45) is 0.805. The van der Waals surface area contributed by atoms with E-state index < -0.39 is 21.7 Å². The number of amides is 1. The van der Waals surface area contributed by atoms with Crippen molar-refractivity contribution in [1.29, 1.82) is 0 Å². The Morgan fingerprint density at radius 1 is 1.20 bits per heavy atom. The summed E-state index contributed by atoms with van der Waals surface area (Å²) < 4.78 is 29.3. The number of piperazine rings is 1. The largest absolute Gasteiger partial charge is 0.444 e. The molecule has 0 atom stereocenters. The van der Waals surface area contributed by atoms with Gasteiger partial charge in [0.1, 0.15) is 5.60 Å². The molecule has 1 amide bonds. The first-order valence-electron chi connectivity index (χ1n) is 6.72. The molecule has 0 unspecified atom stereocenters. The third kappa shape index (κ3) is 6.53. The smallest absolute Gasteiger partial charge is 0.407 e. The van der Waals surface area contributed by atoms with Crippen LogP contribution in [0.2, 0.25) is 0 Å². The summed E-state index contributed by atoms with van der Waals surface area (Å²) in [5.41, 5.74) is -0.495. The quantitative estimate of drug-likeness (QED) is 0.796. The topological polar surface area (TPSA) is 79.0 Å². The SMILES string of the molecule is CC(C)(C)OC(=O)NCCN1CCN(S(C)(=O)=O)CC1. The van der Waals surface area contributed by atoms with Gasteiger partial charge in [-0.25, -0.2) is 13.2 Å². The fourth-order valence-electron chi connectivity index (χ4n) is 1.92. The molecule has 20 heavy (non-hydrogen) atoms. The molecule has 8 heteroatoms. The Morgan fingerprint density at radius 3 is 2.20 bits per heavy atom. The van der Waals surface area contributed by atoms with Crippen molar-refractivity contribution >= 4 is 16.1 Å². The maximum atomic E-state index is 11.4. The molecule has 0 bridgehead atoms. The summed E-state index contributed by atoms with van der Waals surface area (Å²) in [5.74, 6) is 0. The van der Waals surface area contributed by atoms with Crippen molar-refractivity contribution < 1.29 is 17.9 Å². The van der Waals surface area contributed by atoms with Crippen molar-refractivity contribution in [2.24, 2.45) is 0 Å². The summed E-state index contributed by atoms with van der Waals surface area (Å²) in [6.45, 7) is 9.01. The predicted molar refractivity (Wildman–Crippen MR) is 77.1 cm³/mol. The second-order valence-corrected chi connectivity index (χ2v) is 7.91. The van der Waals surface area contributed by atoms with Gasteiger partial charge in [0, 0.05) is 39.3 Å². The second-order valence-electron chi connectivity index (χ2n) is 5.93. The molecule has 0 aromatic rings. The molecule has 0 saturated carbocycles. The number of hydrogen-bond donors (Lipinski definition) is 1. The lowest BCUT2D eigenvalue weighted by molar-refractivity contribution is 0.0520. The molecule has 0 radical (unpaired) electrons. The van der Waals surface area contributed by atoms with Crippen molar-refractivity contribution in [2.75, 3.05) is 45.5 Å². The zero-order chi connectivity index (χ0) is 15.4. The molecular weight excluding hydrogens is 282 g/mol. The number of nitrogens with one attached hydrogen (secondary N) is 1. The van der Waals surface area contributed by atoms with Crippen molar-refractivity contribution in [3.8, 4) is 0 Å². The zero-order valence-electron chi connectivity index (χ0n) is 12.7. The molecule has 1 N–H and O–H groups in total. The number of ether oxygens (including phenoxy) is 1. The standard InChI is InChI=1S/C12H25N3O4S/c1-12(2,3)19-11(16)13-5-6-14-7-9-15(10-8-14)20(4,17)18/h5-10H2,1-4H3,(H,13,16). The maximum absolute atomic E-state index is 11.4. The minimum absolute atomic E-state index is 0.424. The van der Waals surface area contributed by atoms with Crippen molar-refractivity contribution in [1.82, 2.24) is 14.5 Å². The Hall–Kier alpha value is -0.860. The fraction of sp³-hybridized carbons (Fsp3) is 0.917. The second kappa shape index (κ2) is 6.73. The molecule has 1 fully saturated rings. The van der Waals surface area contributed by atoms with E-state index in [-0.39, 0.29) is 0 Å². The molecular formula is C12H25N3O4S. The first-order chi connectivity index (χ1) is 9.08. The number of carbonyl (C=O) groups excluding carboxylic acids is 1. The number of carbonyl (C=O) groups is 1. The third-order valence-electron chi connectivity index (χ3n) is 2.90. The summed E-state index contributed by atoms with van der Waals surface area (Å²) >= 11 is 0. The number of rotatable bonds is 4. The number of nitrogens with zero attached hydrogens (tertiary/aromatic N) is 2. The van der Waals surface area contributed by atoms with Crippen molar-refractivity contribution in [3.63, 3.8) is 0 Å². The third-order valence-corrected chi connectivity index (χ3v) is 4.20. The first kappa shape index (κ1) is 17.2. The van der Waals surface area contributed by atoms with Crippen LogP contribution in [0.4, 0.5) is 4.79 Å². The van der Waals surface area contributed by atoms with E-state index in [1.807, 2.05) is 20.8 Å². The van der Waals surface area contributed by atoms with Crippen LogP contribution in [-0.2, 0) is 14.8 Å². The van der Waals surface area contributed by atoms with Gasteiger partial charge in [0.15, 0.2) is 0 Å². The van der Waals surface area contributed by atoms with Crippen LogP contribution in [0.5, 0.6) is 0 Å². The van der Waals surface area contributed by atoms with E-state index in [4.69, 9.17) is 4.74 Å². The van der Waals surface area contributed by atoms with E-state index in [0.717, 1.165) is 0 Å². The Morgan fingerprint density at radius 2 is 1.75 bits per heavy atom. The van der Waals surface area contributed by atoms with Gasteiger partial charge in [-0.1, -0.05) is 0 Å². The summed E-state index contributed by atoms with van der Waals surface area (Å²) in [5, 5.41) is 2.69. The van der Waals surface area contributed by atoms with Gasteiger partial charge in [-0.05, 0) is 20.8 Å². The van der Waals surface area contributed by atoms with Gasteiger partial charge >= 0.3 is 6.09 Å². The van der Waals surface area contributed by atoms with Crippen LogP contribution < -0.4 is 5.32 Å². The lowest BCUT2D eigenvalue weighted by Crippen LogP contribution is -2.50. The molecule has 1 aliphatic heterocycles. The van der Waals surface area contributed by atoms with Crippen LogP contribution in [0.1, 0.15) is 20.8 Å². The highest BCUT2D eigenvalue weighted by molar-refractivity contribution is 7.88. The number of alkyl carbamates (subject to hydrolysis) is 1. The van der Waals surface area contributed by atoms with Gasteiger partial charge in [0.05, 0.1) is 6.26 Å². The van der Waals surface area contributed by atoms with E-state index in [0.29, 0.717) is 39.3 Å². The molecule has 0 spiro atoms. The minimum atomic E-state index is -3.09. The molecule has 7 nitrogen and oxygen atoms in total. The van der Waals surface area contributed by atoms with E-state index in [9.17, 15) is 13.2 Å². The summed E-state index contributed by atoms with van der Waals surface area (Å²) in [4.78, 5) is 13.6. The Bertz CT molecular complexity index is 422. The molecule has 0 aromatic heterocycles. The monoisotopic (exact) mass is 307 g/mol. The van der Waals surface area contributed by atoms with Crippen LogP contribution in [-0.4, -0.2) is 74.8 Å². The van der Waals surface area contributed by atoms with Gasteiger partial charge in [-0.3, -0.25) is 4.90 Å². The van der Waals surface area contributed by atoms with E-state index in [1.54, 1.807) is 0 Å². The molecule has 118 valence electrons. The van der Waals surface area contributed by atoms with E-state index >= 15 is 0 Å². The average Bonchev–Trinajstić information content (AvgIpc) is 2.26. The van der Waals surface area contributed by atoms with Gasteiger partial charge < -0.3 is 10.1 Å². The fourth-order valence-corrected chi connectivity index (χ4v) is 2.74. The molecule has 1 aliphatic rings. The molecule has 1 heterocycles. The molecule has 0 aromatic carbocycles. The van der Waals surface area contributed by atoms with Crippen molar-refractivity contribution in [3.05, 3.63) is 0 Å². The molecule has 0 aliphatic carbocycles. The highest BCUT2D eigenvalue weighted by Gasteiger charge is 2.23. The van der Waals surface area contributed by atoms with Gasteiger partial charge in [-0.15, -0.1) is 0 Å². The van der Waals surface area contributed by atoms with Crippen LogP contribution in [0, 0.1) is 0 Å². The van der Waals surface area contributed by atoms with Crippen LogP contribution in [0.3, 0.4) is 0 Å². The first-order valence-corrected chi connectivity index (χ1v) is 8.57. The predicted octanol–water partition coefficient (Wildman–Crippen LogP) is 0.0883. The Labute approximate surface area is 121 Å². The lowest BCUT2D eigenvalue weighted by atomic mass is 10.2. The number of sulfonamides is 1. The summed E-state index contributed by atoms with van der Waals surface area (Å²) in [7, 11) is -3.09. The highest BCUT2D eigenvalue weighted by atomic mass is 32.2. The van der Waals surface area contributed by atoms with Crippen LogP contribution in [0.25, 0.3) is 0 Å². The van der Waals surface area contributed by atoms with Gasteiger partial charge in [0.25, 0.3) is 0 Å². The molecule has 1 rings (SSSR count). The van der Waals surface area contributed by atoms with E-state index in [1.165, 1.54) is 10.6 Å². The average molecular weight is 307 g/mol. The number of hydrogen-bond acceptors (Lipinski definition) is 5. The maximum Gasteiger partial charge on any atom is 0.407 e. The normalized spacial score (nSPS) is 18.8. The lowest BCUT2D eigenvalue weighted by Gasteiger charge is -2.33. The Balaban J connectivity index is 2.21. The zero-order valence-corrected chi connectivity index (χ0v) is 13.5. The van der Waals surface area contributed by atoms with Crippen molar-refractivity contribution in [2.45, 2.75) is 26.4 Å². The van der Waals surface area contributed by atoms with Gasteiger partial charge in [0.2, 0.25) is 10.0 Å². The van der Waals surface area contributed by atoms with Crippen LogP contribution >= 0.6 is 0 Å². The van der Waals surface area contributed by atoms with Crippen LogP contribution in [0.15, 0.2) is 0 Å². The Kier molecular flexibility index (Phi) is 5.79.